The van der Waals surface area contributed by atoms with Crippen molar-refractivity contribution in [2.45, 2.75) is 25.7 Å². The number of nitrogens with zero attached hydrogens (tertiary/aromatic N) is 4. The van der Waals surface area contributed by atoms with Crippen molar-refractivity contribution in [2.24, 2.45) is 11.8 Å². The van der Waals surface area contributed by atoms with Gasteiger partial charge in [-0.2, -0.15) is 5.10 Å². The molecule has 27 heavy (non-hydrogen) atoms. The van der Waals surface area contributed by atoms with Crippen molar-refractivity contribution in [1.29, 1.82) is 0 Å². The van der Waals surface area contributed by atoms with Crippen LogP contribution in [0.25, 0.3) is 16.7 Å². The molecule has 0 unspecified atom stereocenters. The van der Waals surface area contributed by atoms with Gasteiger partial charge in [0.1, 0.15) is 12.1 Å². The second kappa shape index (κ2) is 7.52. The van der Waals surface area contributed by atoms with Gasteiger partial charge in [0.25, 0.3) is 0 Å². The third-order valence-corrected chi connectivity index (χ3v) is 5.41. The molecule has 1 saturated carbocycles. The molecule has 3 aromatic rings. The highest BCUT2D eigenvalue weighted by Crippen LogP contribution is 2.31. The van der Waals surface area contributed by atoms with Crippen molar-refractivity contribution < 1.29 is 9.90 Å². The van der Waals surface area contributed by atoms with Crippen LogP contribution in [0, 0.1) is 11.8 Å². The Bertz CT molecular complexity index is 974. The monoisotopic (exact) mass is 385 g/mol. The molecule has 4 rings (SSSR count). The lowest BCUT2D eigenvalue weighted by Gasteiger charge is -2.28. The van der Waals surface area contributed by atoms with Gasteiger partial charge in [0, 0.05) is 11.6 Å². The number of carboxylic acids is 1. The fraction of sp³-hybridized carbons (Fsp3) is 0.368. The summed E-state index contributed by atoms with van der Waals surface area (Å²) < 4.78 is 1.72. The fourth-order valence-corrected chi connectivity index (χ4v) is 3.97. The maximum absolute atomic E-state index is 11.5. The van der Waals surface area contributed by atoms with Crippen LogP contribution in [0.3, 0.4) is 0 Å². The van der Waals surface area contributed by atoms with Gasteiger partial charge in [-0.3, -0.25) is 4.79 Å². The first kappa shape index (κ1) is 17.7. The lowest BCUT2D eigenvalue weighted by Crippen LogP contribution is -2.31. The van der Waals surface area contributed by atoms with E-state index in [9.17, 15) is 9.90 Å². The highest BCUT2D eigenvalue weighted by molar-refractivity contribution is 6.30. The molecule has 140 valence electrons. The van der Waals surface area contributed by atoms with E-state index in [0.29, 0.717) is 23.0 Å². The van der Waals surface area contributed by atoms with Gasteiger partial charge < -0.3 is 10.4 Å². The molecule has 2 heterocycles. The molecule has 1 aliphatic rings. The van der Waals surface area contributed by atoms with Crippen LogP contribution in [0.2, 0.25) is 5.02 Å². The maximum atomic E-state index is 11.5. The molecule has 1 aromatic carbocycles. The second-order valence-electron chi connectivity index (χ2n) is 6.87. The average molecular weight is 386 g/mol. The molecule has 0 bridgehead atoms. The average Bonchev–Trinajstić information content (AvgIpc) is 3.11. The van der Waals surface area contributed by atoms with E-state index >= 15 is 0 Å². The Hall–Kier alpha value is -2.67. The predicted molar refractivity (Wildman–Crippen MR) is 103 cm³/mol. The number of hydrogen-bond acceptors (Lipinski definition) is 5. The molecule has 0 saturated heterocycles. The molecule has 7 nitrogen and oxygen atoms in total. The fourth-order valence-electron chi connectivity index (χ4n) is 3.79. The van der Waals surface area contributed by atoms with Crippen LogP contribution >= 0.6 is 11.6 Å². The molecule has 8 heteroatoms. The second-order valence-corrected chi connectivity index (χ2v) is 7.30. The molecule has 1 fully saturated rings. The molecule has 0 amide bonds. The quantitative estimate of drug-likeness (QED) is 0.694. The molecule has 2 N–H and O–H groups in total. The summed E-state index contributed by atoms with van der Waals surface area (Å²) in [7, 11) is 0. The number of carboxylic acid groups (broad SMARTS) is 1. The van der Waals surface area contributed by atoms with Crippen LogP contribution in [0.4, 0.5) is 5.82 Å². The third-order valence-electron chi connectivity index (χ3n) is 5.18. The first-order valence-electron chi connectivity index (χ1n) is 9.05. The number of rotatable bonds is 5. The van der Waals surface area contributed by atoms with E-state index in [-0.39, 0.29) is 11.8 Å². The van der Waals surface area contributed by atoms with Crippen LogP contribution in [0.15, 0.2) is 36.8 Å². The molecule has 0 spiro atoms. The van der Waals surface area contributed by atoms with Crippen molar-refractivity contribution in [3.63, 3.8) is 0 Å². The zero-order valence-corrected chi connectivity index (χ0v) is 15.4. The Balaban J connectivity index is 1.59. The van der Waals surface area contributed by atoms with E-state index in [4.69, 9.17) is 11.6 Å². The summed E-state index contributed by atoms with van der Waals surface area (Å²) in [5.74, 6) is -0.229. The summed E-state index contributed by atoms with van der Waals surface area (Å²) >= 11 is 6.08. The third kappa shape index (κ3) is 3.60. The van der Waals surface area contributed by atoms with Crippen molar-refractivity contribution in [2.75, 3.05) is 11.9 Å². The van der Waals surface area contributed by atoms with Gasteiger partial charge in [0.2, 0.25) is 0 Å². The van der Waals surface area contributed by atoms with Crippen LogP contribution in [-0.2, 0) is 4.79 Å². The normalized spacial score (nSPS) is 19.9. The Kier molecular flexibility index (Phi) is 4.94. The van der Waals surface area contributed by atoms with Gasteiger partial charge in [0.05, 0.1) is 23.2 Å². The van der Waals surface area contributed by atoms with Crippen molar-refractivity contribution >= 4 is 34.4 Å². The Morgan fingerprint density at radius 3 is 2.96 bits per heavy atom. The van der Waals surface area contributed by atoms with Crippen LogP contribution < -0.4 is 5.32 Å². The number of aliphatic carboxylic acids is 1. The lowest BCUT2D eigenvalue weighted by molar-refractivity contribution is -0.144. The van der Waals surface area contributed by atoms with E-state index in [1.165, 1.54) is 6.33 Å². The van der Waals surface area contributed by atoms with Crippen LogP contribution in [-0.4, -0.2) is 37.4 Å². The summed E-state index contributed by atoms with van der Waals surface area (Å²) in [4.78, 5) is 20.2. The SMILES string of the molecule is O=C(O)[C@H]1CCCC[C@H]1CNc1ncnc2c1cnn2-c1cccc(Cl)c1. The van der Waals surface area contributed by atoms with E-state index in [1.54, 1.807) is 10.9 Å². The van der Waals surface area contributed by atoms with Gasteiger partial charge >= 0.3 is 5.97 Å². The van der Waals surface area contributed by atoms with E-state index in [2.05, 4.69) is 20.4 Å². The molecule has 0 aliphatic heterocycles. The van der Waals surface area contributed by atoms with E-state index < -0.39 is 5.97 Å². The lowest BCUT2D eigenvalue weighted by atomic mass is 9.79. The number of fused-ring (bicyclic) bond motifs is 1. The number of aromatic nitrogens is 4. The first-order valence-corrected chi connectivity index (χ1v) is 9.42. The highest BCUT2D eigenvalue weighted by Gasteiger charge is 2.30. The zero-order valence-electron chi connectivity index (χ0n) is 14.7. The highest BCUT2D eigenvalue weighted by atomic mass is 35.5. The van der Waals surface area contributed by atoms with Crippen molar-refractivity contribution in [3.8, 4) is 5.69 Å². The number of carbonyl (C=O) groups is 1. The van der Waals surface area contributed by atoms with Crippen LogP contribution in [0.5, 0.6) is 0 Å². The smallest absolute Gasteiger partial charge is 0.306 e. The zero-order chi connectivity index (χ0) is 18.8. The number of halogens is 1. The van der Waals surface area contributed by atoms with Gasteiger partial charge in [0.15, 0.2) is 5.65 Å². The van der Waals surface area contributed by atoms with E-state index in [1.807, 2.05) is 24.3 Å². The van der Waals surface area contributed by atoms with E-state index in [0.717, 1.165) is 36.8 Å². The Labute approximate surface area is 161 Å². The topological polar surface area (TPSA) is 92.9 Å². The molecule has 0 radical (unpaired) electrons. The molecule has 1 aliphatic carbocycles. The first-order chi connectivity index (χ1) is 13.1. The maximum Gasteiger partial charge on any atom is 0.306 e. The van der Waals surface area contributed by atoms with Gasteiger partial charge in [-0.1, -0.05) is 30.5 Å². The molecular weight excluding hydrogens is 366 g/mol. The minimum Gasteiger partial charge on any atom is -0.481 e. The minimum atomic E-state index is -0.705. The van der Waals surface area contributed by atoms with Crippen LogP contribution in [0.1, 0.15) is 25.7 Å². The van der Waals surface area contributed by atoms with Gasteiger partial charge in [-0.25, -0.2) is 14.6 Å². The summed E-state index contributed by atoms with van der Waals surface area (Å²) in [5, 5.41) is 18.6. The summed E-state index contributed by atoms with van der Waals surface area (Å²) in [6.45, 7) is 0.575. The van der Waals surface area contributed by atoms with Gasteiger partial charge in [-0.05, 0) is 37.0 Å². The van der Waals surface area contributed by atoms with Gasteiger partial charge in [-0.15, -0.1) is 0 Å². The summed E-state index contributed by atoms with van der Waals surface area (Å²) in [5.41, 5.74) is 1.49. The molecule has 2 atom stereocenters. The molecule has 2 aromatic heterocycles. The predicted octanol–water partition coefficient (Wildman–Crippen LogP) is 3.77. The standard InChI is InChI=1S/C19H20ClN5O2/c20-13-5-3-6-14(8-13)25-18-16(10-24-25)17(22-11-23-18)21-9-12-4-1-2-7-15(12)19(26)27/h3,5-6,8,10-12,15H,1-2,4,7,9H2,(H,26,27)(H,21,22,23)/t12-,15-/m0/s1. The summed E-state index contributed by atoms with van der Waals surface area (Å²) in [6.07, 6.45) is 6.92. The number of nitrogens with one attached hydrogen (secondary N) is 1. The van der Waals surface area contributed by atoms with Crippen molar-refractivity contribution in [1.82, 2.24) is 19.7 Å². The molecular formula is C19H20ClN5O2. The minimum absolute atomic E-state index is 0.101. The number of hydrogen-bond donors (Lipinski definition) is 2. The van der Waals surface area contributed by atoms with Crippen molar-refractivity contribution in [3.05, 3.63) is 41.8 Å². The largest absolute Gasteiger partial charge is 0.481 e. The Morgan fingerprint density at radius 1 is 1.30 bits per heavy atom. The number of anilines is 1. The Morgan fingerprint density at radius 2 is 2.15 bits per heavy atom. The number of benzene rings is 1. The summed E-state index contributed by atoms with van der Waals surface area (Å²) in [6, 6.07) is 7.40.